The van der Waals surface area contributed by atoms with Gasteiger partial charge in [0.05, 0.1) is 32.1 Å². The largest absolute Gasteiger partial charge is 0.378 e. The first-order valence-electron chi connectivity index (χ1n) is 7.18. The fourth-order valence-electron chi connectivity index (χ4n) is 1.40. The number of carbonyl (C=O) groups is 3. The first-order chi connectivity index (χ1) is 10.4. The highest BCUT2D eigenvalue weighted by atomic mass is 32.2. The molecule has 0 rings (SSSR count). The van der Waals surface area contributed by atoms with E-state index in [4.69, 9.17) is 15.2 Å². The highest BCUT2D eigenvalue weighted by Gasteiger charge is 2.12. The molecule has 0 saturated carbocycles. The second kappa shape index (κ2) is 13.7. The van der Waals surface area contributed by atoms with Crippen LogP contribution in [0.4, 0.5) is 0 Å². The van der Waals surface area contributed by atoms with E-state index in [0.29, 0.717) is 32.1 Å². The fraction of sp³-hybridized carbons (Fsp3) is 0.786. The zero-order valence-electron chi connectivity index (χ0n) is 13.3. The summed E-state index contributed by atoms with van der Waals surface area (Å²) in [6, 6.07) is 0. The predicted octanol–water partition coefficient (Wildman–Crippen LogP) is -0.378. The molecule has 0 fully saturated rings. The van der Waals surface area contributed by atoms with Crippen LogP contribution >= 0.6 is 11.8 Å². The van der Waals surface area contributed by atoms with E-state index in [-0.39, 0.29) is 42.3 Å². The van der Waals surface area contributed by atoms with Crippen LogP contribution < -0.4 is 11.1 Å². The van der Waals surface area contributed by atoms with E-state index in [1.807, 2.05) is 6.92 Å². The van der Waals surface area contributed by atoms with Crippen LogP contribution in [0.5, 0.6) is 0 Å². The summed E-state index contributed by atoms with van der Waals surface area (Å²) in [5.74, 6) is 0.438. The maximum Gasteiger partial charge on any atom is 0.227 e. The number of primary amides is 1. The normalized spacial score (nSPS) is 12.1. The number of nitrogens with one attached hydrogen (secondary N) is 1. The van der Waals surface area contributed by atoms with E-state index in [2.05, 4.69) is 5.32 Å². The lowest BCUT2D eigenvalue weighted by Gasteiger charge is -2.10. The average molecular weight is 334 g/mol. The molecule has 0 unspecified atom stereocenters. The number of hydrogen-bond donors (Lipinski definition) is 2. The molecule has 0 radical (unpaired) electrons. The quantitative estimate of drug-likeness (QED) is 0.393. The number of thioether (sulfide) groups is 1. The molecular weight excluding hydrogens is 308 g/mol. The van der Waals surface area contributed by atoms with E-state index in [1.54, 1.807) is 0 Å². The van der Waals surface area contributed by atoms with E-state index < -0.39 is 0 Å². The summed E-state index contributed by atoms with van der Waals surface area (Å²) in [6.07, 6.45) is 0. The Morgan fingerprint density at radius 2 is 1.86 bits per heavy atom. The molecule has 0 heterocycles. The second-order valence-corrected chi connectivity index (χ2v) is 5.92. The van der Waals surface area contributed by atoms with E-state index in [1.165, 1.54) is 18.7 Å². The van der Waals surface area contributed by atoms with Crippen molar-refractivity contribution in [1.82, 2.24) is 5.32 Å². The zero-order valence-corrected chi connectivity index (χ0v) is 14.1. The molecule has 8 heteroatoms. The summed E-state index contributed by atoms with van der Waals surface area (Å²) in [7, 11) is 0. The Hall–Kier alpha value is -0.960. The lowest BCUT2D eigenvalue weighted by Crippen LogP contribution is -2.31. The molecule has 0 saturated heterocycles. The number of rotatable bonds is 15. The van der Waals surface area contributed by atoms with Gasteiger partial charge in [0.2, 0.25) is 5.91 Å². The van der Waals surface area contributed by atoms with Crippen LogP contribution in [-0.4, -0.2) is 68.5 Å². The lowest BCUT2D eigenvalue weighted by atomic mass is 10.1. The first-order valence-corrected chi connectivity index (χ1v) is 8.33. The van der Waals surface area contributed by atoms with Crippen molar-refractivity contribution >= 4 is 29.2 Å². The fourth-order valence-corrected chi connectivity index (χ4v) is 2.25. The number of ketones is 2. The second-order valence-electron chi connectivity index (χ2n) is 4.89. The van der Waals surface area contributed by atoms with Gasteiger partial charge in [0, 0.05) is 18.2 Å². The molecule has 0 aromatic heterocycles. The van der Waals surface area contributed by atoms with Crippen molar-refractivity contribution < 1.29 is 23.9 Å². The third-order valence-corrected chi connectivity index (χ3v) is 3.79. The number of hydrogen-bond acceptors (Lipinski definition) is 7. The summed E-state index contributed by atoms with van der Waals surface area (Å²) < 4.78 is 10.3. The van der Waals surface area contributed by atoms with Crippen LogP contribution in [0.1, 0.15) is 13.8 Å². The molecule has 1 atom stereocenters. The van der Waals surface area contributed by atoms with E-state index >= 15 is 0 Å². The minimum Gasteiger partial charge on any atom is -0.378 e. The van der Waals surface area contributed by atoms with Gasteiger partial charge in [0.15, 0.2) is 5.78 Å². The maximum absolute atomic E-state index is 11.8. The molecule has 0 aliphatic rings. The Labute approximate surface area is 135 Å². The van der Waals surface area contributed by atoms with Crippen molar-refractivity contribution in [2.75, 3.05) is 51.0 Å². The Balaban J connectivity index is 3.40. The Morgan fingerprint density at radius 1 is 1.18 bits per heavy atom. The maximum atomic E-state index is 11.8. The van der Waals surface area contributed by atoms with Crippen molar-refractivity contribution in [3.63, 3.8) is 0 Å². The van der Waals surface area contributed by atoms with Crippen molar-refractivity contribution in [2.24, 2.45) is 11.7 Å². The standard InChI is InChI=1S/C14H26N2O5S/c1-11(9-22-10-14(15)19)13(18)7-16-3-4-20-5-6-21-8-12(2)17/h11,16H,3-10H2,1-2H3,(H2,15,19)/t11-/m0/s1. The molecule has 128 valence electrons. The monoisotopic (exact) mass is 334 g/mol. The highest BCUT2D eigenvalue weighted by Crippen LogP contribution is 2.08. The van der Waals surface area contributed by atoms with E-state index in [9.17, 15) is 14.4 Å². The van der Waals surface area contributed by atoms with Gasteiger partial charge in [-0.25, -0.2) is 0 Å². The third kappa shape index (κ3) is 14.0. The number of Topliss-reactive ketones (excluding diaryl/α,β-unsaturated/α-hetero) is 2. The summed E-state index contributed by atoms with van der Waals surface area (Å²) >= 11 is 1.37. The molecule has 0 bridgehead atoms. The van der Waals surface area contributed by atoms with Gasteiger partial charge in [-0.1, -0.05) is 6.92 Å². The van der Waals surface area contributed by atoms with Gasteiger partial charge in [-0.3, -0.25) is 14.4 Å². The van der Waals surface area contributed by atoms with Gasteiger partial charge in [-0.05, 0) is 6.92 Å². The Kier molecular flexibility index (Phi) is 13.1. The molecule has 0 spiro atoms. The summed E-state index contributed by atoms with van der Waals surface area (Å²) in [4.78, 5) is 33.0. The summed E-state index contributed by atoms with van der Waals surface area (Å²) in [6.45, 7) is 5.54. The summed E-state index contributed by atoms with van der Waals surface area (Å²) in [5, 5.41) is 3.00. The minimum atomic E-state index is -0.368. The molecule has 0 aliphatic heterocycles. The van der Waals surface area contributed by atoms with Crippen LogP contribution in [0.2, 0.25) is 0 Å². The number of amides is 1. The molecule has 0 aromatic carbocycles. The smallest absolute Gasteiger partial charge is 0.227 e. The van der Waals surface area contributed by atoms with Gasteiger partial charge in [0.1, 0.15) is 12.4 Å². The van der Waals surface area contributed by atoms with Gasteiger partial charge in [0.25, 0.3) is 0 Å². The van der Waals surface area contributed by atoms with Gasteiger partial charge >= 0.3 is 0 Å². The Bertz CT molecular complexity index is 352. The van der Waals surface area contributed by atoms with Gasteiger partial charge < -0.3 is 20.5 Å². The lowest BCUT2D eigenvalue weighted by molar-refractivity contribution is -0.122. The zero-order chi connectivity index (χ0) is 16.8. The number of nitrogens with two attached hydrogens (primary N) is 1. The number of ether oxygens (including phenoxy) is 2. The van der Waals surface area contributed by atoms with Crippen molar-refractivity contribution in [1.29, 1.82) is 0 Å². The molecule has 0 aromatic rings. The van der Waals surface area contributed by atoms with Crippen molar-refractivity contribution in [3.8, 4) is 0 Å². The van der Waals surface area contributed by atoms with Gasteiger partial charge in [-0.15, -0.1) is 0 Å². The minimum absolute atomic E-state index is 0.0108. The van der Waals surface area contributed by atoms with Crippen molar-refractivity contribution in [3.05, 3.63) is 0 Å². The predicted molar refractivity (Wildman–Crippen MR) is 85.9 cm³/mol. The molecule has 3 N–H and O–H groups in total. The third-order valence-electron chi connectivity index (χ3n) is 2.56. The first kappa shape index (κ1) is 21.0. The van der Waals surface area contributed by atoms with Crippen LogP contribution in [0.3, 0.4) is 0 Å². The molecule has 22 heavy (non-hydrogen) atoms. The van der Waals surface area contributed by atoms with Crippen molar-refractivity contribution in [2.45, 2.75) is 13.8 Å². The molecule has 0 aliphatic carbocycles. The molecule has 7 nitrogen and oxygen atoms in total. The van der Waals surface area contributed by atoms with Crippen LogP contribution in [0.15, 0.2) is 0 Å². The van der Waals surface area contributed by atoms with Crippen LogP contribution in [0.25, 0.3) is 0 Å². The topological polar surface area (TPSA) is 108 Å². The van der Waals surface area contributed by atoms with Crippen LogP contribution in [-0.2, 0) is 23.9 Å². The molecule has 1 amide bonds. The highest BCUT2D eigenvalue weighted by molar-refractivity contribution is 7.99. The number of carbonyl (C=O) groups excluding carboxylic acids is 3. The van der Waals surface area contributed by atoms with Crippen LogP contribution in [0, 0.1) is 5.92 Å². The van der Waals surface area contributed by atoms with Gasteiger partial charge in [-0.2, -0.15) is 11.8 Å². The van der Waals surface area contributed by atoms with E-state index in [0.717, 1.165) is 0 Å². The molecular formula is C14H26N2O5S. The summed E-state index contributed by atoms with van der Waals surface area (Å²) in [5.41, 5.74) is 5.03. The Morgan fingerprint density at radius 3 is 2.50 bits per heavy atom. The SMILES string of the molecule is CC(=O)COCCOCCNCC(=O)[C@@H](C)CSCC(N)=O. The average Bonchev–Trinajstić information content (AvgIpc) is 2.44.